The smallest absolute Gasteiger partial charge is 0.325 e. The fourth-order valence-electron chi connectivity index (χ4n) is 2.44. The predicted molar refractivity (Wildman–Crippen MR) is 92.7 cm³/mol. The van der Waals surface area contributed by atoms with Crippen LogP contribution in [-0.2, 0) is 4.79 Å². The van der Waals surface area contributed by atoms with Crippen molar-refractivity contribution in [2.45, 2.75) is 0 Å². The van der Waals surface area contributed by atoms with Crippen LogP contribution in [0.5, 0.6) is 0 Å². The van der Waals surface area contributed by atoms with Crippen LogP contribution >= 0.6 is 11.6 Å². The second-order valence-corrected chi connectivity index (χ2v) is 5.64. The first-order valence-electron chi connectivity index (χ1n) is 7.38. The number of rotatable bonds is 7. The van der Waals surface area contributed by atoms with E-state index in [2.05, 4.69) is 13.2 Å². The van der Waals surface area contributed by atoms with Crippen LogP contribution < -0.4 is 4.90 Å². The maximum Gasteiger partial charge on any atom is 0.325 e. The fourth-order valence-corrected chi connectivity index (χ4v) is 2.57. The van der Waals surface area contributed by atoms with Gasteiger partial charge in [0.05, 0.1) is 0 Å². The summed E-state index contributed by atoms with van der Waals surface area (Å²) in [5.74, 6) is -0.115. The minimum atomic E-state index is -0.169. The molecule has 0 atom stereocenters. The fraction of sp³-hybridized carbons (Fsp3) is 0.294. The number of benzene rings is 1. The molecule has 1 aromatic carbocycles. The van der Waals surface area contributed by atoms with Gasteiger partial charge in [-0.05, 0) is 24.3 Å². The topological polar surface area (TPSA) is 43.9 Å². The summed E-state index contributed by atoms with van der Waals surface area (Å²) >= 11 is 5.87. The summed E-state index contributed by atoms with van der Waals surface area (Å²) in [5, 5.41) is 0.622. The van der Waals surface area contributed by atoms with Crippen LogP contribution in [0.25, 0.3) is 0 Å². The van der Waals surface area contributed by atoms with Crippen molar-refractivity contribution in [1.82, 2.24) is 9.80 Å². The lowest BCUT2D eigenvalue weighted by Crippen LogP contribution is -2.42. The van der Waals surface area contributed by atoms with Gasteiger partial charge >= 0.3 is 6.03 Å². The Morgan fingerprint density at radius 1 is 1.17 bits per heavy atom. The van der Waals surface area contributed by atoms with Gasteiger partial charge in [-0.25, -0.2) is 4.79 Å². The van der Waals surface area contributed by atoms with Gasteiger partial charge in [-0.3, -0.25) is 9.69 Å². The van der Waals surface area contributed by atoms with Crippen molar-refractivity contribution in [3.8, 4) is 0 Å². The molecular weight excluding hydrogens is 314 g/mol. The van der Waals surface area contributed by atoms with Crippen LogP contribution in [0.3, 0.4) is 0 Å². The SMILES string of the molecule is C=CCN(CC=C)C(=O)CN1CCN(c2ccc(Cl)cc2)C1=O. The monoisotopic (exact) mass is 333 g/mol. The highest BCUT2D eigenvalue weighted by atomic mass is 35.5. The highest BCUT2D eigenvalue weighted by Gasteiger charge is 2.31. The Kier molecular flexibility index (Phi) is 5.82. The molecule has 0 spiro atoms. The van der Waals surface area contributed by atoms with E-state index >= 15 is 0 Å². The first kappa shape index (κ1) is 17.1. The molecule has 0 aliphatic carbocycles. The van der Waals surface area contributed by atoms with Crippen LogP contribution in [0, 0.1) is 0 Å². The summed E-state index contributed by atoms with van der Waals surface area (Å²) in [5.41, 5.74) is 0.781. The van der Waals surface area contributed by atoms with Gasteiger partial charge in [-0.1, -0.05) is 23.8 Å². The van der Waals surface area contributed by atoms with Gasteiger partial charge < -0.3 is 9.80 Å². The average molecular weight is 334 g/mol. The normalized spacial score (nSPS) is 14.0. The van der Waals surface area contributed by atoms with Crippen molar-refractivity contribution in [2.75, 3.05) is 37.6 Å². The molecular formula is C17H20ClN3O2. The van der Waals surface area contributed by atoms with E-state index in [1.54, 1.807) is 51.1 Å². The van der Waals surface area contributed by atoms with Crippen LogP contribution in [0.15, 0.2) is 49.6 Å². The molecule has 0 radical (unpaired) electrons. The third-order valence-corrected chi connectivity index (χ3v) is 3.86. The summed E-state index contributed by atoms with van der Waals surface area (Å²) in [6.07, 6.45) is 3.32. The number of nitrogens with zero attached hydrogens (tertiary/aromatic N) is 3. The lowest BCUT2D eigenvalue weighted by Gasteiger charge is -2.23. The number of halogens is 1. The van der Waals surface area contributed by atoms with Crippen LogP contribution in [0.2, 0.25) is 5.02 Å². The largest absolute Gasteiger partial charge is 0.334 e. The lowest BCUT2D eigenvalue weighted by molar-refractivity contribution is -0.130. The third-order valence-electron chi connectivity index (χ3n) is 3.61. The van der Waals surface area contributed by atoms with Crippen molar-refractivity contribution in [2.24, 2.45) is 0 Å². The Hall–Kier alpha value is -2.27. The van der Waals surface area contributed by atoms with Gasteiger partial charge in [0.15, 0.2) is 0 Å². The Labute approximate surface area is 141 Å². The van der Waals surface area contributed by atoms with Crippen molar-refractivity contribution >= 4 is 29.2 Å². The molecule has 0 N–H and O–H groups in total. The minimum Gasteiger partial charge on any atom is -0.334 e. The van der Waals surface area contributed by atoms with Gasteiger partial charge in [0.2, 0.25) is 5.91 Å². The van der Waals surface area contributed by atoms with E-state index in [-0.39, 0.29) is 18.5 Å². The molecule has 1 heterocycles. The summed E-state index contributed by atoms with van der Waals surface area (Å²) in [6.45, 7) is 9.29. The molecule has 1 saturated heterocycles. The van der Waals surface area contributed by atoms with E-state index in [0.29, 0.717) is 31.2 Å². The van der Waals surface area contributed by atoms with Gasteiger partial charge in [0.25, 0.3) is 0 Å². The molecule has 0 aromatic heterocycles. The number of hydrogen-bond acceptors (Lipinski definition) is 2. The van der Waals surface area contributed by atoms with Gasteiger partial charge in [-0.2, -0.15) is 0 Å². The predicted octanol–water partition coefficient (Wildman–Crippen LogP) is 2.78. The van der Waals surface area contributed by atoms with E-state index in [9.17, 15) is 9.59 Å². The van der Waals surface area contributed by atoms with E-state index in [4.69, 9.17) is 11.6 Å². The number of carbonyl (C=O) groups is 2. The highest BCUT2D eigenvalue weighted by molar-refractivity contribution is 6.30. The molecule has 23 heavy (non-hydrogen) atoms. The number of urea groups is 1. The van der Waals surface area contributed by atoms with E-state index in [1.165, 1.54) is 0 Å². The molecule has 0 saturated carbocycles. The van der Waals surface area contributed by atoms with Crippen molar-refractivity contribution in [3.63, 3.8) is 0 Å². The number of hydrogen-bond donors (Lipinski definition) is 0. The van der Waals surface area contributed by atoms with Crippen molar-refractivity contribution in [1.29, 1.82) is 0 Å². The molecule has 1 aromatic rings. The van der Waals surface area contributed by atoms with Crippen molar-refractivity contribution in [3.05, 3.63) is 54.6 Å². The van der Waals surface area contributed by atoms with E-state index in [0.717, 1.165) is 5.69 Å². The quantitative estimate of drug-likeness (QED) is 0.720. The molecule has 1 aliphatic heterocycles. The zero-order valence-electron chi connectivity index (χ0n) is 12.9. The summed E-state index contributed by atoms with van der Waals surface area (Å²) in [4.78, 5) is 29.6. The zero-order valence-corrected chi connectivity index (χ0v) is 13.7. The van der Waals surface area contributed by atoms with Crippen molar-refractivity contribution < 1.29 is 9.59 Å². The lowest BCUT2D eigenvalue weighted by atomic mass is 10.3. The van der Waals surface area contributed by atoms with Crippen LogP contribution in [-0.4, -0.2) is 54.5 Å². The van der Waals surface area contributed by atoms with Gasteiger partial charge in [-0.15, -0.1) is 13.2 Å². The minimum absolute atomic E-state index is 0.0601. The van der Waals surface area contributed by atoms with Gasteiger partial charge in [0, 0.05) is 36.9 Å². The van der Waals surface area contributed by atoms with Crippen LogP contribution in [0.1, 0.15) is 0 Å². The number of amides is 3. The zero-order chi connectivity index (χ0) is 16.8. The Morgan fingerprint density at radius 2 is 1.78 bits per heavy atom. The van der Waals surface area contributed by atoms with Crippen LogP contribution in [0.4, 0.5) is 10.5 Å². The summed E-state index contributed by atoms with van der Waals surface area (Å²) in [6, 6.07) is 6.92. The molecule has 6 heteroatoms. The molecule has 122 valence electrons. The Morgan fingerprint density at radius 3 is 2.35 bits per heavy atom. The first-order valence-corrected chi connectivity index (χ1v) is 7.76. The van der Waals surface area contributed by atoms with E-state index in [1.807, 2.05) is 0 Å². The Balaban J connectivity index is 2.01. The molecule has 0 bridgehead atoms. The molecule has 0 unspecified atom stereocenters. The van der Waals surface area contributed by atoms with Gasteiger partial charge in [0.1, 0.15) is 6.54 Å². The second kappa shape index (κ2) is 7.83. The molecule has 2 rings (SSSR count). The maximum atomic E-state index is 12.5. The third kappa shape index (κ3) is 4.13. The molecule has 1 fully saturated rings. The first-order chi connectivity index (χ1) is 11.1. The summed E-state index contributed by atoms with van der Waals surface area (Å²) < 4.78 is 0. The summed E-state index contributed by atoms with van der Waals surface area (Å²) in [7, 11) is 0. The molecule has 1 aliphatic rings. The maximum absolute atomic E-state index is 12.5. The Bertz CT molecular complexity index is 590. The van der Waals surface area contributed by atoms with E-state index < -0.39 is 0 Å². The highest BCUT2D eigenvalue weighted by Crippen LogP contribution is 2.22. The molecule has 3 amide bonds. The standard InChI is InChI=1S/C17H20ClN3O2/c1-3-9-19(10-4-2)16(22)13-20-11-12-21(17(20)23)15-7-5-14(18)6-8-15/h3-8H,1-2,9-13H2. The number of anilines is 1. The molecule has 5 nitrogen and oxygen atoms in total. The number of carbonyl (C=O) groups excluding carboxylic acids is 2. The second-order valence-electron chi connectivity index (χ2n) is 5.21. The average Bonchev–Trinajstić information content (AvgIpc) is 2.89.